The van der Waals surface area contributed by atoms with Gasteiger partial charge >= 0.3 is 19.8 Å². The van der Waals surface area contributed by atoms with E-state index in [0.717, 1.165) is 57.8 Å². The summed E-state index contributed by atoms with van der Waals surface area (Å²) in [5.41, 5.74) is 0. The molecule has 344 valence electrons. The van der Waals surface area contributed by atoms with Gasteiger partial charge in [0.2, 0.25) is 0 Å². The number of likely N-dealkylation sites (N-methyl/N-ethyl adjacent to an activating group) is 1. The molecular weight excluding hydrogens is 774 g/mol. The second-order valence-electron chi connectivity index (χ2n) is 16.4. The van der Waals surface area contributed by atoms with Gasteiger partial charge in [0.15, 0.2) is 6.10 Å². The maximum Gasteiger partial charge on any atom is 0.472 e. The number of carbonyl (C=O) groups excluding carboxylic acids is 2. The van der Waals surface area contributed by atoms with Crippen LogP contribution in [0.1, 0.15) is 168 Å². The Morgan fingerprint density at radius 3 is 1.40 bits per heavy atom. The lowest BCUT2D eigenvalue weighted by Gasteiger charge is -2.24. The van der Waals surface area contributed by atoms with Gasteiger partial charge in [-0.2, -0.15) is 0 Å². The predicted molar refractivity (Wildman–Crippen MR) is 252 cm³/mol. The zero-order valence-electron chi connectivity index (χ0n) is 38.7. The fraction of sp³-hybridized carbons (Fsp3) is 0.680. The van der Waals surface area contributed by atoms with E-state index in [1.54, 1.807) is 0 Å². The van der Waals surface area contributed by atoms with Crippen molar-refractivity contribution in [3.8, 4) is 0 Å². The molecule has 0 amide bonds. The number of nitrogens with zero attached hydrogens (tertiary/aromatic N) is 1. The van der Waals surface area contributed by atoms with Crippen molar-refractivity contribution in [2.75, 3.05) is 47.5 Å². The molecule has 0 radical (unpaired) electrons. The molecular formula is C50H87NO8P+. The number of unbranched alkanes of at least 4 members (excludes halogenated alkanes) is 13. The number of hydrogen-bond donors (Lipinski definition) is 1. The largest absolute Gasteiger partial charge is 0.472 e. The van der Waals surface area contributed by atoms with E-state index in [0.29, 0.717) is 23.9 Å². The molecule has 0 rings (SSSR count). The van der Waals surface area contributed by atoms with Gasteiger partial charge in [-0.05, 0) is 83.5 Å². The van der Waals surface area contributed by atoms with Crippen molar-refractivity contribution in [2.24, 2.45) is 0 Å². The molecule has 0 aliphatic rings. The smallest absolute Gasteiger partial charge is 0.462 e. The number of allylic oxidation sites excluding steroid dienone is 14. The molecule has 0 saturated heterocycles. The highest BCUT2D eigenvalue weighted by atomic mass is 31.2. The number of phosphoric ester groups is 1. The standard InChI is InChI=1S/C50H86NO8P/c1-6-8-10-12-14-16-18-20-22-24-25-27-29-31-33-35-37-39-41-43-50(53)59-48(47-58-60(54,55)57-45-44-51(3,4)5)46-56-49(52)42-40-38-36-34-32-30-28-26-23-21-19-17-15-13-11-9-7-2/h14-17,20-23,25,27,31,33,37,39,48H,6-13,18-19,24,26,28-30,32,34-36,38,40-47H2,1-5H3/p+1/b16-14+,17-15+,22-20+,23-21+,27-25+,33-31+,39-37+/t48-/m1/s1. The molecule has 0 bridgehead atoms. The molecule has 2 atom stereocenters. The zero-order valence-corrected chi connectivity index (χ0v) is 39.6. The minimum atomic E-state index is -4.40. The van der Waals surface area contributed by atoms with Crippen molar-refractivity contribution in [3.05, 3.63) is 85.1 Å². The average molecular weight is 861 g/mol. The third-order valence-corrected chi connectivity index (χ3v) is 10.4. The summed E-state index contributed by atoms with van der Waals surface area (Å²) >= 11 is 0. The summed E-state index contributed by atoms with van der Waals surface area (Å²) < 4.78 is 34.2. The summed E-state index contributed by atoms with van der Waals surface area (Å²) in [7, 11) is 1.41. The van der Waals surface area contributed by atoms with Crippen LogP contribution in [-0.2, 0) is 32.7 Å². The van der Waals surface area contributed by atoms with E-state index in [2.05, 4.69) is 86.8 Å². The molecule has 9 nitrogen and oxygen atoms in total. The minimum absolute atomic E-state index is 0.0127. The Hall–Kier alpha value is -2.81. The van der Waals surface area contributed by atoms with Crippen LogP contribution in [0.5, 0.6) is 0 Å². The molecule has 1 N–H and O–H groups in total. The zero-order chi connectivity index (χ0) is 44.3. The van der Waals surface area contributed by atoms with Crippen molar-refractivity contribution < 1.29 is 42.1 Å². The van der Waals surface area contributed by atoms with Gasteiger partial charge in [0.05, 0.1) is 27.7 Å². The summed E-state index contributed by atoms with van der Waals surface area (Å²) in [6, 6.07) is 0. The van der Waals surface area contributed by atoms with Gasteiger partial charge in [-0.3, -0.25) is 18.6 Å². The first-order chi connectivity index (χ1) is 29.0. The van der Waals surface area contributed by atoms with E-state index >= 15 is 0 Å². The van der Waals surface area contributed by atoms with Gasteiger partial charge < -0.3 is 18.9 Å². The van der Waals surface area contributed by atoms with Crippen LogP contribution >= 0.6 is 7.82 Å². The van der Waals surface area contributed by atoms with Crippen molar-refractivity contribution >= 4 is 19.8 Å². The van der Waals surface area contributed by atoms with Crippen molar-refractivity contribution in [1.29, 1.82) is 0 Å². The van der Waals surface area contributed by atoms with E-state index in [-0.39, 0.29) is 26.1 Å². The minimum Gasteiger partial charge on any atom is -0.462 e. The summed E-state index contributed by atoms with van der Waals surface area (Å²) in [4.78, 5) is 35.4. The molecule has 0 aliphatic heterocycles. The first kappa shape index (κ1) is 57.2. The lowest BCUT2D eigenvalue weighted by molar-refractivity contribution is -0.870. The van der Waals surface area contributed by atoms with E-state index < -0.39 is 32.5 Å². The van der Waals surface area contributed by atoms with E-state index in [9.17, 15) is 19.0 Å². The number of ether oxygens (including phenoxy) is 2. The quantitative estimate of drug-likeness (QED) is 0.0213. The molecule has 0 fully saturated rings. The van der Waals surface area contributed by atoms with Crippen molar-refractivity contribution in [3.63, 3.8) is 0 Å². The highest BCUT2D eigenvalue weighted by Gasteiger charge is 2.27. The van der Waals surface area contributed by atoms with E-state index in [1.165, 1.54) is 70.6 Å². The Bertz CT molecular complexity index is 1290. The maximum atomic E-state index is 12.7. The number of esters is 2. The molecule has 0 aromatic heterocycles. The Kier molecular flexibility index (Phi) is 39.6. The third-order valence-electron chi connectivity index (χ3n) is 9.41. The summed E-state index contributed by atoms with van der Waals surface area (Å²) in [6.45, 7) is 4.26. The van der Waals surface area contributed by atoms with Crippen LogP contribution in [-0.4, -0.2) is 74.9 Å². The molecule has 0 aromatic rings. The first-order valence-corrected chi connectivity index (χ1v) is 24.8. The second-order valence-corrected chi connectivity index (χ2v) is 17.9. The van der Waals surface area contributed by atoms with Crippen LogP contribution in [0.3, 0.4) is 0 Å². The Morgan fingerprint density at radius 1 is 0.517 bits per heavy atom. The number of phosphoric acid groups is 1. The van der Waals surface area contributed by atoms with Crippen molar-refractivity contribution in [2.45, 2.75) is 174 Å². The van der Waals surface area contributed by atoms with Crippen LogP contribution in [0.4, 0.5) is 0 Å². The number of rotatable bonds is 41. The molecule has 0 aromatic carbocycles. The monoisotopic (exact) mass is 861 g/mol. The first-order valence-electron chi connectivity index (χ1n) is 23.3. The van der Waals surface area contributed by atoms with Crippen LogP contribution in [0.2, 0.25) is 0 Å². The molecule has 0 aliphatic carbocycles. The van der Waals surface area contributed by atoms with Crippen molar-refractivity contribution in [1.82, 2.24) is 0 Å². The fourth-order valence-corrected chi connectivity index (χ4v) is 6.47. The summed E-state index contributed by atoms with van der Waals surface area (Å²) in [6.07, 6.45) is 53.6. The van der Waals surface area contributed by atoms with Gasteiger partial charge in [-0.25, -0.2) is 4.57 Å². The maximum absolute atomic E-state index is 12.7. The molecule has 10 heteroatoms. The van der Waals surface area contributed by atoms with Gasteiger partial charge in [-0.1, -0.05) is 157 Å². The van der Waals surface area contributed by atoms with Crippen LogP contribution < -0.4 is 0 Å². The SMILES string of the molecule is CCCCC/C=C/C/C=C/C/C=C/C/C=C/C/C=C/CCC(=O)O[C@H](COC(=O)CCCCCCCCC/C=C/C/C=C/CCCCC)COP(=O)(O)OCC[N+](C)(C)C. The number of quaternary nitrogens is 1. The average Bonchev–Trinajstić information content (AvgIpc) is 3.20. The normalized spacial score (nSPS) is 14.3. The van der Waals surface area contributed by atoms with Crippen LogP contribution in [0, 0.1) is 0 Å². The molecule has 0 saturated carbocycles. The van der Waals surface area contributed by atoms with Gasteiger partial charge in [0, 0.05) is 12.8 Å². The highest BCUT2D eigenvalue weighted by Crippen LogP contribution is 2.43. The summed E-state index contributed by atoms with van der Waals surface area (Å²) in [5, 5.41) is 0. The molecule has 0 heterocycles. The van der Waals surface area contributed by atoms with Crippen LogP contribution in [0.15, 0.2) is 85.1 Å². The number of hydrogen-bond acceptors (Lipinski definition) is 7. The lowest BCUT2D eigenvalue weighted by Crippen LogP contribution is -2.37. The fourth-order valence-electron chi connectivity index (χ4n) is 5.73. The Labute approximate surface area is 367 Å². The number of carbonyl (C=O) groups is 2. The van der Waals surface area contributed by atoms with Crippen LogP contribution in [0.25, 0.3) is 0 Å². The van der Waals surface area contributed by atoms with E-state index in [1.807, 2.05) is 33.3 Å². The van der Waals surface area contributed by atoms with Gasteiger partial charge in [0.1, 0.15) is 19.8 Å². The second kappa shape index (κ2) is 41.5. The molecule has 0 spiro atoms. The topological polar surface area (TPSA) is 108 Å². The molecule has 1 unspecified atom stereocenters. The lowest BCUT2D eigenvalue weighted by atomic mass is 10.1. The molecule has 60 heavy (non-hydrogen) atoms. The third kappa shape index (κ3) is 44.7. The van der Waals surface area contributed by atoms with Gasteiger partial charge in [-0.15, -0.1) is 0 Å². The van der Waals surface area contributed by atoms with Gasteiger partial charge in [0.25, 0.3) is 0 Å². The summed E-state index contributed by atoms with van der Waals surface area (Å²) in [5.74, 6) is -0.910. The van der Waals surface area contributed by atoms with E-state index in [4.69, 9.17) is 18.5 Å². The Morgan fingerprint density at radius 2 is 0.933 bits per heavy atom. The predicted octanol–water partition coefficient (Wildman–Crippen LogP) is 13.6. The Balaban J connectivity index is 4.48. The highest BCUT2D eigenvalue weighted by molar-refractivity contribution is 7.47.